The van der Waals surface area contributed by atoms with Gasteiger partial charge in [0.15, 0.2) is 0 Å². The molecule has 0 fully saturated rings. The number of hydrogen-bond donors (Lipinski definition) is 0. The summed E-state index contributed by atoms with van der Waals surface area (Å²) in [4.78, 5) is 13.1. The van der Waals surface area contributed by atoms with E-state index in [4.69, 9.17) is 4.52 Å². The van der Waals surface area contributed by atoms with Gasteiger partial charge in [-0.05, 0) is 59.0 Å². The maximum atomic E-state index is 15.1. The molecule has 33 heavy (non-hydrogen) atoms. The van der Waals surface area contributed by atoms with Crippen molar-refractivity contribution < 1.29 is 8.91 Å². The molecule has 0 unspecified atom stereocenters. The van der Waals surface area contributed by atoms with E-state index >= 15 is 4.39 Å². The zero-order valence-electron chi connectivity index (χ0n) is 18.2. The summed E-state index contributed by atoms with van der Waals surface area (Å²) in [6.45, 7) is 4.25. The fourth-order valence-electron chi connectivity index (χ4n) is 3.76. The van der Waals surface area contributed by atoms with Crippen LogP contribution in [0.4, 0.5) is 4.39 Å². The number of hydrogen-bond acceptors (Lipinski definition) is 5. The molecule has 0 spiro atoms. The molecule has 0 saturated carbocycles. The molecular formula is C27H21FN4O. The molecule has 0 bridgehead atoms. The lowest BCUT2D eigenvalue weighted by molar-refractivity contribution is 0.431. The Morgan fingerprint density at radius 1 is 0.788 bits per heavy atom. The molecule has 162 valence electrons. The Bertz CT molecular complexity index is 1400. The molecule has 0 aliphatic heterocycles. The van der Waals surface area contributed by atoms with Gasteiger partial charge in [0.2, 0.25) is 5.82 Å². The highest BCUT2D eigenvalue weighted by molar-refractivity contribution is 5.72. The quantitative estimate of drug-likeness (QED) is 0.303. The molecule has 5 nitrogen and oxygen atoms in total. The number of nitrogens with zero attached hydrogens (tertiary/aromatic N) is 4. The van der Waals surface area contributed by atoms with Crippen molar-refractivity contribution in [3.05, 3.63) is 96.6 Å². The molecule has 3 heterocycles. The highest BCUT2D eigenvalue weighted by atomic mass is 19.1. The van der Waals surface area contributed by atoms with Crippen LogP contribution in [0.15, 0.2) is 89.7 Å². The normalized spacial score (nSPS) is 11.2. The van der Waals surface area contributed by atoms with Gasteiger partial charge in [0.05, 0.1) is 22.5 Å². The lowest BCUT2D eigenvalue weighted by Crippen LogP contribution is -1.94. The third-order valence-electron chi connectivity index (χ3n) is 5.47. The van der Waals surface area contributed by atoms with Crippen molar-refractivity contribution in [3.8, 4) is 45.4 Å². The summed E-state index contributed by atoms with van der Waals surface area (Å²) in [5.74, 6) is 0.405. The first-order valence-electron chi connectivity index (χ1n) is 10.7. The van der Waals surface area contributed by atoms with Crippen LogP contribution in [0.5, 0.6) is 0 Å². The Morgan fingerprint density at radius 2 is 1.58 bits per heavy atom. The molecule has 0 N–H and O–H groups in total. The van der Waals surface area contributed by atoms with E-state index in [0.29, 0.717) is 11.5 Å². The van der Waals surface area contributed by atoms with E-state index in [1.54, 1.807) is 18.5 Å². The third kappa shape index (κ3) is 4.15. The maximum absolute atomic E-state index is 15.1. The molecule has 6 heteroatoms. The largest absolute Gasteiger partial charge is 0.334 e. The minimum atomic E-state index is -0.401. The van der Waals surface area contributed by atoms with E-state index < -0.39 is 5.82 Å². The Morgan fingerprint density at radius 3 is 2.30 bits per heavy atom. The Balaban J connectivity index is 1.42. The molecule has 0 saturated heterocycles. The number of halogens is 1. The average molecular weight is 436 g/mol. The van der Waals surface area contributed by atoms with Gasteiger partial charge in [-0.1, -0.05) is 55.4 Å². The summed E-state index contributed by atoms with van der Waals surface area (Å²) in [5.41, 5.74) is 5.46. The van der Waals surface area contributed by atoms with E-state index in [0.717, 1.165) is 22.5 Å². The van der Waals surface area contributed by atoms with Gasteiger partial charge in [0.1, 0.15) is 5.82 Å². The van der Waals surface area contributed by atoms with Crippen molar-refractivity contribution >= 4 is 0 Å². The SMILES string of the molecule is CC(C)c1ccccc1-c1ccc(-c2noc(-c3ccc(-c4ccccn4)nc3)n2)c(F)c1. The minimum Gasteiger partial charge on any atom is -0.334 e. The zero-order valence-corrected chi connectivity index (χ0v) is 18.2. The van der Waals surface area contributed by atoms with E-state index in [2.05, 4.69) is 40.0 Å². The molecule has 2 aromatic carbocycles. The Hall–Kier alpha value is -4.19. The second kappa shape index (κ2) is 8.74. The summed E-state index contributed by atoms with van der Waals surface area (Å²) in [6, 6.07) is 22.5. The molecule has 0 amide bonds. The van der Waals surface area contributed by atoms with E-state index in [-0.39, 0.29) is 17.3 Å². The van der Waals surface area contributed by atoms with E-state index in [1.807, 2.05) is 54.6 Å². The molecule has 0 atom stereocenters. The van der Waals surface area contributed by atoms with Crippen LogP contribution < -0.4 is 0 Å². The lowest BCUT2D eigenvalue weighted by Gasteiger charge is -2.13. The molecular weight excluding hydrogens is 415 g/mol. The number of benzene rings is 2. The van der Waals surface area contributed by atoms with Crippen molar-refractivity contribution in [2.45, 2.75) is 19.8 Å². The van der Waals surface area contributed by atoms with Crippen LogP contribution in [0.25, 0.3) is 45.4 Å². The molecule has 3 aromatic heterocycles. The molecule has 0 aliphatic carbocycles. The predicted octanol–water partition coefficient (Wildman–Crippen LogP) is 6.79. The topological polar surface area (TPSA) is 64.7 Å². The van der Waals surface area contributed by atoms with Crippen LogP contribution in [0.3, 0.4) is 0 Å². The van der Waals surface area contributed by atoms with Crippen LogP contribution in [0.2, 0.25) is 0 Å². The van der Waals surface area contributed by atoms with E-state index in [9.17, 15) is 0 Å². The average Bonchev–Trinajstić information content (AvgIpc) is 3.34. The molecule has 5 rings (SSSR count). The number of rotatable bonds is 5. The highest BCUT2D eigenvalue weighted by Crippen LogP contribution is 2.32. The van der Waals surface area contributed by atoms with Crippen LogP contribution in [-0.2, 0) is 0 Å². The lowest BCUT2D eigenvalue weighted by atomic mass is 9.92. The fraction of sp³-hybridized carbons (Fsp3) is 0.111. The standard InChI is InChI=1S/C27H21FN4O/c1-17(2)20-7-3-4-8-21(20)18-10-12-22(23(28)15-18)26-31-27(33-32-26)19-11-13-25(30-16-19)24-9-5-6-14-29-24/h3-17H,1-2H3. The summed E-state index contributed by atoms with van der Waals surface area (Å²) in [7, 11) is 0. The van der Waals surface area contributed by atoms with Gasteiger partial charge in [-0.2, -0.15) is 4.98 Å². The van der Waals surface area contributed by atoms with Crippen molar-refractivity contribution in [2.75, 3.05) is 0 Å². The zero-order chi connectivity index (χ0) is 22.8. The second-order valence-electron chi connectivity index (χ2n) is 8.01. The van der Waals surface area contributed by atoms with Gasteiger partial charge in [0, 0.05) is 12.4 Å². The molecule has 0 aliphatic rings. The van der Waals surface area contributed by atoms with E-state index in [1.165, 1.54) is 11.6 Å². The van der Waals surface area contributed by atoms with Crippen molar-refractivity contribution in [1.29, 1.82) is 0 Å². The minimum absolute atomic E-state index is 0.194. The van der Waals surface area contributed by atoms with Crippen molar-refractivity contribution in [2.24, 2.45) is 0 Å². The Labute approximate surface area is 191 Å². The Kier molecular flexibility index (Phi) is 5.48. The first kappa shape index (κ1) is 20.7. The van der Waals surface area contributed by atoms with Gasteiger partial charge in [-0.25, -0.2) is 4.39 Å². The molecule has 5 aromatic rings. The van der Waals surface area contributed by atoms with Crippen LogP contribution in [0.1, 0.15) is 25.3 Å². The summed E-state index contributed by atoms with van der Waals surface area (Å²) in [6.07, 6.45) is 3.36. The molecule has 0 radical (unpaired) electrons. The van der Waals surface area contributed by atoms with Crippen LogP contribution in [0, 0.1) is 5.82 Å². The second-order valence-corrected chi connectivity index (χ2v) is 8.01. The maximum Gasteiger partial charge on any atom is 0.259 e. The van der Waals surface area contributed by atoms with Crippen LogP contribution >= 0.6 is 0 Å². The fourth-order valence-corrected chi connectivity index (χ4v) is 3.76. The van der Waals surface area contributed by atoms with Gasteiger partial charge in [0.25, 0.3) is 5.89 Å². The van der Waals surface area contributed by atoms with Gasteiger partial charge >= 0.3 is 0 Å². The van der Waals surface area contributed by atoms with Gasteiger partial charge < -0.3 is 4.52 Å². The number of aromatic nitrogens is 4. The van der Waals surface area contributed by atoms with Crippen LogP contribution in [-0.4, -0.2) is 20.1 Å². The third-order valence-corrected chi connectivity index (χ3v) is 5.47. The smallest absolute Gasteiger partial charge is 0.259 e. The predicted molar refractivity (Wildman–Crippen MR) is 126 cm³/mol. The van der Waals surface area contributed by atoms with Gasteiger partial charge in [-0.15, -0.1) is 0 Å². The summed E-state index contributed by atoms with van der Waals surface area (Å²) in [5, 5.41) is 3.99. The summed E-state index contributed by atoms with van der Waals surface area (Å²) < 4.78 is 20.5. The number of pyridine rings is 2. The monoisotopic (exact) mass is 436 g/mol. The highest BCUT2D eigenvalue weighted by Gasteiger charge is 2.17. The van der Waals surface area contributed by atoms with Gasteiger partial charge in [-0.3, -0.25) is 9.97 Å². The van der Waals surface area contributed by atoms with Crippen molar-refractivity contribution in [1.82, 2.24) is 20.1 Å². The first-order chi connectivity index (χ1) is 16.1. The first-order valence-corrected chi connectivity index (χ1v) is 10.7. The summed E-state index contributed by atoms with van der Waals surface area (Å²) >= 11 is 0. The van der Waals surface area contributed by atoms with Crippen molar-refractivity contribution in [3.63, 3.8) is 0 Å².